The van der Waals surface area contributed by atoms with Crippen LogP contribution in [0.5, 0.6) is 0 Å². The number of nitrogens with one attached hydrogen (secondary N) is 1. The molecule has 58 valence electrons. The fourth-order valence-corrected chi connectivity index (χ4v) is 1.79. The first-order valence-electron chi connectivity index (χ1n) is 3.85. The van der Waals surface area contributed by atoms with Gasteiger partial charge in [0.05, 0.1) is 12.7 Å². The SMILES string of the molecule is FC1C[C@@H]2NCCO[C@H]2C1. The Kier molecular flexibility index (Phi) is 1.62. The van der Waals surface area contributed by atoms with Gasteiger partial charge in [0.1, 0.15) is 6.17 Å². The lowest BCUT2D eigenvalue weighted by Gasteiger charge is -2.26. The van der Waals surface area contributed by atoms with Gasteiger partial charge in [-0.1, -0.05) is 0 Å². The van der Waals surface area contributed by atoms with Crippen LogP contribution < -0.4 is 5.32 Å². The van der Waals surface area contributed by atoms with Gasteiger partial charge in [0.15, 0.2) is 0 Å². The summed E-state index contributed by atoms with van der Waals surface area (Å²) in [5.41, 5.74) is 0. The molecule has 0 aromatic heterocycles. The normalized spacial score (nSPS) is 47.1. The fourth-order valence-electron chi connectivity index (χ4n) is 1.79. The first kappa shape index (κ1) is 6.55. The number of alkyl halides is 1. The Morgan fingerprint density at radius 2 is 2.30 bits per heavy atom. The van der Waals surface area contributed by atoms with Crippen molar-refractivity contribution >= 4 is 0 Å². The van der Waals surface area contributed by atoms with Crippen LogP contribution in [0.2, 0.25) is 0 Å². The Balaban J connectivity index is 1.97. The van der Waals surface area contributed by atoms with Crippen molar-refractivity contribution in [1.29, 1.82) is 0 Å². The highest BCUT2D eigenvalue weighted by Crippen LogP contribution is 2.26. The van der Waals surface area contributed by atoms with E-state index in [2.05, 4.69) is 5.32 Å². The minimum atomic E-state index is -0.638. The lowest BCUT2D eigenvalue weighted by molar-refractivity contribution is 0.00973. The number of fused-ring (bicyclic) bond motifs is 1. The van der Waals surface area contributed by atoms with Crippen molar-refractivity contribution < 1.29 is 9.13 Å². The van der Waals surface area contributed by atoms with Crippen LogP contribution >= 0.6 is 0 Å². The quantitative estimate of drug-likeness (QED) is 0.535. The van der Waals surface area contributed by atoms with Gasteiger partial charge in [0, 0.05) is 19.0 Å². The summed E-state index contributed by atoms with van der Waals surface area (Å²) >= 11 is 0. The van der Waals surface area contributed by atoms with Crippen LogP contribution in [0.4, 0.5) is 4.39 Å². The summed E-state index contributed by atoms with van der Waals surface area (Å²) in [7, 11) is 0. The van der Waals surface area contributed by atoms with Crippen molar-refractivity contribution in [2.45, 2.75) is 31.2 Å². The van der Waals surface area contributed by atoms with E-state index >= 15 is 0 Å². The van der Waals surface area contributed by atoms with E-state index in [0.717, 1.165) is 13.2 Å². The molecule has 0 amide bonds. The van der Waals surface area contributed by atoms with Crippen molar-refractivity contribution in [3.63, 3.8) is 0 Å². The second-order valence-electron chi connectivity index (χ2n) is 3.04. The Hall–Kier alpha value is -0.150. The molecular weight excluding hydrogens is 133 g/mol. The third kappa shape index (κ3) is 1.04. The van der Waals surface area contributed by atoms with E-state index in [-0.39, 0.29) is 6.10 Å². The maximum Gasteiger partial charge on any atom is 0.104 e. The molecule has 0 radical (unpaired) electrons. The molecular formula is C7H12FNO. The zero-order chi connectivity index (χ0) is 6.97. The molecule has 0 aromatic carbocycles. The summed E-state index contributed by atoms with van der Waals surface area (Å²) in [6.45, 7) is 1.63. The Bertz CT molecular complexity index is 117. The van der Waals surface area contributed by atoms with E-state index in [0.29, 0.717) is 18.9 Å². The van der Waals surface area contributed by atoms with E-state index in [9.17, 15) is 4.39 Å². The summed E-state index contributed by atoms with van der Waals surface area (Å²) in [6.07, 6.45) is 0.756. The molecule has 0 spiro atoms. The summed E-state index contributed by atoms with van der Waals surface area (Å²) in [6, 6.07) is 0.295. The fraction of sp³-hybridized carbons (Fsp3) is 1.00. The molecule has 2 fully saturated rings. The van der Waals surface area contributed by atoms with Crippen molar-refractivity contribution in [3.8, 4) is 0 Å². The molecule has 1 aliphatic carbocycles. The van der Waals surface area contributed by atoms with E-state index in [1.807, 2.05) is 0 Å². The van der Waals surface area contributed by atoms with Crippen molar-refractivity contribution in [2.75, 3.05) is 13.2 Å². The Morgan fingerprint density at radius 1 is 1.40 bits per heavy atom. The summed E-state index contributed by atoms with van der Waals surface area (Å²) in [5, 5.41) is 3.25. The second kappa shape index (κ2) is 2.47. The minimum absolute atomic E-state index is 0.156. The molecule has 0 aromatic rings. The molecule has 10 heavy (non-hydrogen) atoms. The van der Waals surface area contributed by atoms with Crippen molar-refractivity contribution in [3.05, 3.63) is 0 Å². The van der Waals surface area contributed by atoms with Gasteiger partial charge in [-0.3, -0.25) is 0 Å². The van der Waals surface area contributed by atoms with Gasteiger partial charge in [-0.2, -0.15) is 0 Å². The highest BCUT2D eigenvalue weighted by molar-refractivity contribution is 4.91. The number of hydrogen-bond donors (Lipinski definition) is 1. The van der Waals surface area contributed by atoms with Crippen molar-refractivity contribution in [2.24, 2.45) is 0 Å². The van der Waals surface area contributed by atoms with E-state index in [1.165, 1.54) is 0 Å². The average Bonchev–Trinajstić information content (AvgIpc) is 2.27. The third-order valence-electron chi connectivity index (χ3n) is 2.29. The first-order chi connectivity index (χ1) is 4.86. The van der Waals surface area contributed by atoms with Crippen LogP contribution in [0.15, 0.2) is 0 Å². The average molecular weight is 145 g/mol. The van der Waals surface area contributed by atoms with Gasteiger partial charge < -0.3 is 10.1 Å². The van der Waals surface area contributed by atoms with E-state index < -0.39 is 6.17 Å². The monoisotopic (exact) mass is 145 g/mol. The van der Waals surface area contributed by atoms with Crippen LogP contribution in [0.1, 0.15) is 12.8 Å². The number of halogens is 1. The lowest BCUT2D eigenvalue weighted by Crippen LogP contribution is -2.44. The van der Waals surface area contributed by atoms with Gasteiger partial charge in [-0.25, -0.2) is 4.39 Å². The highest BCUT2D eigenvalue weighted by atomic mass is 19.1. The third-order valence-corrected chi connectivity index (χ3v) is 2.29. The molecule has 1 heterocycles. The van der Waals surface area contributed by atoms with Crippen molar-refractivity contribution in [1.82, 2.24) is 5.32 Å². The Labute approximate surface area is 59.7 Å². The van der Waals surface area contributed by atoms with Gasteiger partial charge in [-0.15, -0.1) is 0 Å². The minimum Gasteiger partial charge on any atom is -0.375 e. The number of morpholine rings is 1. The smallest absolute Gasteiger partial charge is 0.104 e. The van der Waals surface area contributed by atoms with Crippen LogP contribution in [0, 0.1) is 0 Å². The van der Waals surface area contributed by atoms with Crippen LogP contribution in [0.3, 0.4) is 0 Å². The van der Waals surface area contributed by atoms with Crippen LogP contribution in [-0.4, -0.2) is 31.5 Å². The summed E-state index contributed by atoms with van der Waals surface area (Å²) < 4.78 is 18.1. The van der Waals surface area contributed by atoms with E-state index in [1.54, 1.807) is 0 Å². The molecule has 1 saturated heterocycles. The molecule has 1 N–H and O–H groups in total. The standard InChI is InChI=1S/C7H12FNO/c8-5-3-6-7(4-5)10-2-1-9-6/h5-7,9H,1-4H2/t5?,6-,7-/m0/s1. The largest absolute Gasteiger partial charge is 0.375 e. The van der Waals surface area contributed by atoms with Gasteiger partial charge in [0.2, 0.25) is 0 Å². The van der Waals surface area contributed by atoms with Gasteiger partial charge >= 0.3 is 0 Å². The molecule has 1 saturated carbocycles. The molecule has 2 aliphatic rings. The first-order valence-corrected chi connectivity index (χ1v) is 3.85. The second-order valence-corrected chi connectivity index (χ2v) is 3.04. The topological polar surface area (TPSA) is 21.3 Å². The zero-order valence-corrected chi connectivity index (χ0v) is 5.85. The molecule has 2 nitrogen and oxygen atoms in total. The lowest BCUT2D eigenvalue weighted by atomic mass is 10.2. The Morgan fingerprint density at radius 3 is 3.10 bits per heavy atom. The number of ether oxygens (including phenoxy) is 1. The predicted octanol–water partition coefficient (Wildman–Crippen LogP) is 0.475. The van der Waals surface area contributed by atoms with E-state index in [4.69, 9.17) is 4.74 Å². The van der Waals surface area contributed by atoms with Crippen LogP contribution in [-0.2, 0) is 4.74 Å². The molecule has 0 bridgehead atoms. The molecule has 3 heteroatoms. The van der Waals surface area contributed by atoms with Crippen LogP contribution in [0.25, 0.3) is 0 Å². The molecule has 1 unspecified atom stereocenters. The molecule has 1 aliphatic heterocycles. The molecule has 3 atom stereocenters. The zero-order valence-electron chi connectivity index (χ0n) is 5.85. The number of rotatable bonds is 0. The maximum absolute atomic E-state index is 12.7. The maximum atomic E-state index is 12.7. The molecule has 2 rings (SSSR count). The summed E-state index contributed by atoms with van der Waals surface area (Å²) in [4.78, 5) is 0. The summed E-state index contributed by atoms with van der Waals surface area (Å²) in [5.74, 6) is 0. The predicted molar refractivity (Wildman–Crippen MR) is 35.7 cm³/mol. The van der Waals surface area contributed by atoms with Gasteiger partial charge in [-0.05, 0) is 6.42 Å². The highest BCUT2D eigenvalue weighted by Gasteiger charge is 2.36. The van der Waals surface area contributed by atoms with Gasteiger partial charge in [0.25, 0.3) is 0 Å². The number of hydrogen-bond acceptors (Lipinski definition) is 2.